The van der Waals surface area contributed by atoms with Crippen LogP contribution in [0.2, 0.25) is 0 Å². The van der Waals surface area contributed by atoms with E-state index in [1.165, 1.54) is 4.90 Å². The van der Waals surface area contributed by atoms with Gasteiger partial charge in [-0.3, -0.25) is 14.5 Å². The molecule has 126 valence electrons. The molecule has 3 N–H and O–H groups in total. The van der Waals surface area contributed by atoms with E-state index in [9.17, 15) is 9.59 Å². The number of benzene rings is 1. The number of hydrogen-bond acceptors (Lipinski definition) is 4. The zero-order valence-corrected chi connectivity index (χ0v) is 13.8. The second-order valence-corrected chi connectivity index (χ2v) is 5.74. The molecule has 0 spiro atoms. The lowest BCUT2D eigenvalue weighted by molar-refractivity contribution is -0.125. The number of carbonyl (C=O) groups is 2. The van der Waals surface area contributed by atoms with Crippen LogP contribution in [0.25, 0.3) is 0 Å². The number of fused-ring (bicyclic) bond motifs is 1. The van der Waals surface area contributed by atoms with Crippen LogP contribution < -0.4 is 20.7 Å². The number of carbonyl (C=O) groups excluding carboxylic acids is 2. The topological polar surface area (TPSA) is 84.7 Å². The molecule has 1 aliphatic rings. The Bertz CT molecular complexity index is 574. The largest absolute Gasteiger partial charge is 0.482 e. The fourth-order valence-corrected chi connectivity index (χ4v) is 2.56. The van der Waals surface area contributed by atoms with Gasteiger partial charge in [-0.05, 0) is 30.5 Å². The van der Waals surface area contributed by atoms with Crippen LogP contribution in [0.15, 0.2) is 18.2 Å². The highest BCUT2D eigenvalue weighted by Crippen LogP contribution is 2.34. The molecule has 0 aliphatic carbocycles. The Kier molecular flexibility index (Phi) is 5.98. The van der Waals surface area contributed by atoms with E-state index in [2.05, 4.69) is 12.2 Å². The molecule has 0 bridgehead atoms. The van der Waals surface area contributed by atoms with Gasteiger partial charge >= 0.3 is 0 Å². The van der Waals surface area contributed by atoms with Gasteiger partial charge < -0.3 is 15.8 Å². The Morgan fingerprint density at radius 1 is 1.39 bits per heavy atom. The van der Waals surface area contributed by atoms with Crippen LogP contribution in [0.1, 0.15) is 44.7 Å². The molecule has 1 aliphatic heterocycles. The number of nitrogens with zero attached hydrogens (tertiary/aromatic N) is 1. The molecule has 1 atom stereocenters. The molecule has 1 heterocycles. The summed E-state index contributed by atoms with van der Waals surface area (Å²) < 4.78 is 5.46. The molecule has 1 unspecified atom stereocenters. The maximum Gasteiger partial charge on any atom is 0.265 e. The van der Waals surface area contributed by atoms with Crippen molar-refractivity contribution in [3.63, 3.8) is 0 Å². The highest BCUT2D eigenvalue weighted by molar-refractivity contribution is 6.02. The van der Waals surface area contributed by atoms with E-state index in [-0.39, 0.29) is 31.0 Å². The van der Waals surface area contributed by atoms with E-state index in [0.717, 1.165) is 24.8 Å². The first kappa shape index (κ1) is 17.3. The molecule has 0 radical (unpaired) electrons. The SMILES string of the molecule is CCCNC(=O)CN1C(=O)COc2ccc(C(N)CCC)cc21. The number of nitrogens with one attached hydrogen (secondary N) is 1. The summed E-state index contributed by atoms with van der Waals surface area (Å²) in [6, 6.07) is 5.52. The number of amides is 2. The smallest absolute Gasteiger partial charge is 0.265 e. The second kappa shape index (κ2) is 7.97. The third-order valence-electron chi connectivity index (χ3n) is 3.83. The molecule has 1 aromatic rings. The number of hydrogen-bond donors (Lipinski definition) is 2. The van der Waals surface area contributed by atoms with Gasteiger partial charge in [0.25, 0.3) is 5.91 Å². The minimum absolute atomic E-state index is 0.00165. The summed E-state index contributed by atoms with van der Waals surface area (Å²) in [4.78, 5) is 25.6. The number of anilines is 1. The van der Waals surface area contributed by atoms with Crippen molar-refractivity contribution in [3.8, 4) is 5.75 Å². The predicted molar refractivity (Wildman–Crippen MR) is 89.4 cm³/mol. The van der Waals surface area contributed by atoms with E-state index < -0.39 is 0 Å². The lowest BCUT2D eigenvalue weighted by atomic mass is 10.0. The molecule has 6 heteroatoms. The van der Waals surface area contributed by atoms with E-state index >= 15 is 0 Å². The van der Waals surface area contributed by atoms with Crippen molar-refractivity contribution in [2.45, 2.75) is 39.2 Å². The fourth-order valence-electron chi connectivity index (χ4n) is 2.56. The Morgan fingerprint density at radius 3 is 2.87 bits per heavy atom. The average Bonchev–Trinajstić information content (AvgIpc) is 2.55. The molecule has 0 fully saturated rings. The van der Waals surface area contributed by atoms with Gasteiger partial charge in [-0.1, -0.05) is 26.3 Å². The van der Waals surface area contributed by atoms with Gasteiger partial charge in [-0.15, -0.1) is 0 Å². The number of nitrogens with two attached hydrogens (primary N) is 1. The molecule has 6 nitrogen and oxygen atoms in total. The monoisotopic (exact) mass is 319 g/mol. The predicted octanol–water partition coefficient (Wildman–Crippen LogP) is 1.74. The quantitative estimate of drug-likeness (QED) is 0.801. The van der Waals surface area contributed by atoms with Crippen molar-refractivity contribution in [2.24, 2.45) is 5.73 Å². The van der Waals surface area contributed by atoms with Crippen molar-refractivity contribution < 1.29 is 14.3 Å². The molecule has 1 aromatic carbocycles. The zero-order chi connectivity index (χ0) is 16.8. The van der Waals surface area contributed by atoms with Gasteiger partial charge in [0.1, 0.15) is 12.3 Å². The Hall–Kier alpha value is -2.08. The summed E-state index contributed by atoms with van der Waals surface area (Å²) >= 11 is 0. The van der Waals surface area contributed by atoms with E-state index in [4.69, 9.17) is 10.5 Å². The van der Waals surface area contributed by atoms with Crippen LogP contribution in [0.5, 0.6) is 5.75 Å². The van der Waals surface area contributed by atoms with Gasteiger partial charge in [0.05, 0.1) is 5.69 Å². The second-order valence-electron chi connectivity index (χ2n) is 5.74. The maximum absolute atomic E-state index is 12.2. The van der Waals surface area contributed by atoms with Gasteiger partial charge in [0.15, 0.2) is 6.61 Å². The van der Waals surface area contributed by atoms with Crippen molar-refractivity contribution in [1.82, 2.24) is 5.32 Å². The van der Waals surface area contributed by atoms with Crippen molar-refractivity contribution in [2.75, 3.05) is 24.6 Å². The number of ether oxygens (including phenoxy) is 1. The first-order chi connectivity index (χ1) is 11.1. The summed E-state index contributed by atoms with van der Waals surface area (Å²) in [5.74, 6) is 0.224. The van der Waals surface area contributed by atoms with E-state index in [1.807, 2.05) is 25.1 Å². The minimum Gasteiger partial charge on any atom is -0.482 e. The first-order valence-electron chi connectivity index (χ1n) is 8.16. The Balaban J connectivity index is 2.22. The van der Waals surface area contributed by atoms with Crippen molar-refractivity contribution in [3.05, 3.63) is 23.8 Å². The van der Waals surface area contributed by atoms with Gasteiger partial charge in [-0.2, -0.15) is 0 Å². The summed E-state index contributed by atoms with van der Waals surface area (Å²) in [5.41, 5.74) is 7.73. The van der Waals surface area contributed by atoms with Gasteiger partial charge in [0, 0.05) is 12.6 Å². The lowest BCUT2D eigenvalue weighted by Crippen LogP contribution is -2.45. The lowest BCUT2D eigenvalue weighted by Gasteiger charge is -2.30. The summed E-state index contributed by atoms with van der Waals surface area (Å²) in [6.07, 6.45) is 2.71. The fraction of sp³-hybridized carbons (Fsp3) is 0.529. The molecular weight excluding hydrogens is 294 g/mol. The molecule has 0 aromatic heterocycles. The highest BCUT2D eigenvalue weighted by Gasteiger charge is 2.28. The maximum atomic E-state index is 12.2. The molecule has 0 saturated carbocycles. The van der Waals surface area contributed by atoms with Crippen molar-refractivity contribution in [1.29, 1.82) is 0 Å². The molecule has 2 amide bonds. The van der Waals surface area contributed by atoms with Crippen LogP contribution in [0.3, 0.4) is 0 Å². The Labute approximate surface area is 137 Å². The van der Waals surface area contributed by atoms with Crippen LogP contribution >= 0.6 is 0 Å². The van der Waals surface area contributed by atoms with Gasteiger partial charge in [0.2, 0.25) is 5.91 Å². The third kappa shape index (κ3) is 4.22. The molecule has 23 heavy (non-hydrogen) atoms. The average molecular weight is 319 g/mol. The van der Waals surface area contributed by atoms with E-state index in [1.54, 1.807) is 0 Å². The third-order valence-corrected chi connectivity index (χ3v) is 3.83. The minimum atomic E-state index is -0.217. The first-order valence-corrected chi connectivity index (χ1v) is 8.16. The molecular formula is C17H25N3O3. The van der Waals surface area contributed by atoms with E-state index in [0.29, 0.717) is 18.0 Å². The van der Waals surface area contributed by atoms with Crippen molar-refractivity contribution >= 4 is 17.5 Å². The highest BCUT2D eigenvalue weighted by atomic mass is 16.5. The number of rotatable bonds is 7. The van der Waals surface area contributed by atoms with Crippen LogP contribution in [-0.2, 0) is 9.59 Å². The summed E-state index contributed by atoms with van der Waals surface area (Å²) in [6.45, 7) is 4.62. The molecule has 2 rings (SSSR count). The Morgan fingerprint density at radius 2 is 2.17 bits per heavy atom. The summed E-state index contributed by atoms with van der Waals surface area (Å²) in [7, 11) is 0. The van der Waals surface area contributed by atoms with Crippen LogP contribution in [0, 0.1) is 0 Å². The molecule has 0 saturated heterocycles. The standard InChI is InChI=1S/C17H25N3O3/c1-3-5-13(18)12-6-7-15-14(9-12)20(17(22)11-23-15)10-16(21)19-8-4-2/h6-7,9,13H,3-5,8,10-11,18H2,1-2H3,(H,19,21). The zero-order valence-electron chi connectivity index (χ0n) is 13.8. The summed E-state index contributed by atoms with van der Waals surface area (Å²) in [5, 5.41) is 2.79. The van der Waals surface area contributed by atoms with Gasteiger partial charge in [-0.25, -0.2) is 0 Å². The van der Waals surface area contributed by atoms with Crippen LogP contribution in [0.4, 0.5) is 5.69 Å². The van der Waals surface area contributed by atoms with Crippen LogP contribution in [-0.4, -0.2) is 31.5 Å². The normalized spacial score (nSPS) is 14.9.